The summed E-state index contributed by atoms with van der Waals surface area (Å²) in [5.74, 6) is 0. The number of hydrogen-bond donors (Lipinski definition) is 1. The van der Waals surface area contributed by atoms with Gasteiger partial charge in [0, 0.05) is 52.4 Å². The number of hydrogen-bond acceptors (Lipinski definition) is 4. The lowest BCUT2D eigenvalue weighted by molar-refractivity contribution is 0.114. The van der Waals surface area contributed by atoms with Gasteiger partial charge in [0.15, 0.2) is 0 Å². The van der Waals surface area contributed by atoms with Gasteiger partial charge >= 0.3 is 0 Å². The van der Waals surface area contributed by atoms with E-state index in [0.29, 0.717) is 0 Å². The summed E-state index contributed by atoms with van der Waals surface area (Å²) < 4.78 is 0. The second-order valence-electron chi connectivity index (χ2n) is 7.75. The van der Waals surface area contributed by atoms with E-state index in [4.69, 9.17) is 0 Å². The van der Waals surface area contributed by atoms with Crippen molar-refractivity contribution in [2.45, 2.75) is 58.3 Å². The Hall–Kier alpha value is -0.160. The fourth-order valence-corrected chi connectivity index (χ4v) is 3.92. The molecule has 0 aromatic heterocycles. The van der Waals surface area contributed by atoms with Gasteiger partial charge in [0.05, 0.1) is 0 Å². The van der Waals surface area contributed by atoms with Gasteiger partial charge in [-0.05, 0) is 38.9 Å². The van der Waals surface area contributed by atoms with Crippen LogP contribution < -0.4 is 5.32 Å². The standard InChI is InChI=1S/C20H42N4/c1-2-3-4-5-7-10-21-11-14-23-16-19-24(20-17-23)18-15-22-12-8-6-9-13-22/h21H,2-20H2,1H3. The predicted octanol–water partition coefficient (Wildman–Crippen LogP) is 2.65. The summed E-state index contributed by atoms with van der Waals surface area (Å²) in [4.78, 5) is 7.98. The molecule has 0 amide bonds. The summed E-state index contributed by atoms with van der Waals surface area (Å²) in [5, 5.41) is 3.63. The molecule has 2 aliphatic heterocycles. The Labute approximate surface area is 150 Å². The molecule has 0 aromatic rings. The first-order valence-electron chi connectivity index (χ1n) is 10.8. The van der Waals surface area contributed by atoms with Crippen molar-refractivity contribution in [2.75, 3.05) is 72.0 Å². The van der Waals surface area contributed by atoms with Crippen LogP contribution in [0.15, 0.2) is 0 Å². The first kappa shape index (κ1) is 20.2. The molecule has 142 valence electrons. The lowest BCUT2D eigenvalue weighted by atomic mass is 10.1. The van der Waals surface area contributed by atoms with Crippen molar-refractivity contribution in [2.24, 2.45) is 0 Å². The van der Waals surface area contributed by atoms with Crippen LogP contribution in [-0.4, -0.2) is 86.7 Å². The van der Waals surface area contributed by atoms with Crippen LogP contribution in [0.3, 0.4) is 0 Å². The minimum Gasteiger partial charge on any atom is -0.315 e. The van der Waals surface area contributed by atoms with E-state index in [-0.39, 0.29) is 0 Å². The number of nitrogens with one attached hydrogen (secondary N) is 1. The molecule has 0 unspecified atom stereocenters. The van der Waals surface area contributed by atoms with Gasteiger partial charge in [0.2, 0.25) is 0 Å². The zero-order valence-corrected chi connectivity index (χ0v) is 16.3. The molecule has 2 rings (SSSR count). The summed E-state index contributed by atoms with van der Waals surface area (Å²) in [6.07, 6.45) is 11.2. The quantitative estimate of drug-likeness (QED) is 0.552. The van der Waals surface area contributed by atoms with Crippen molar-refractivity contribution >= 4 is 0 Å². The smallest absolute Gasteiger partial charge is 0.0110 e. The van der Waals surface area contributed by atoms with Gasteiger partial charge in [0.1, 0.15) is 0 Å². The molecule has 0 aromatic carbocycles. The van der Waals surface area contributed by atoms with Gasteiger partial charge in [-0.1, -0.05) is 39.0 Å². The predicted molar refractivity (Wildman–Crippen MR) is 105 cm³/mol. The second kappa shape index (κ2) is 13.1. The monoisotopic (exact) mass is 338 g/mol. The Balaban J connectivity index is 1.40. The van der Waals surface area contributed by atoms with E-state index in [0.717, 1.165) is 0 Å². The van der Waals surface area contributed by atoms with Crippen molar-refractivity contribution in [3.8, 4) is 0 Å². The second-order valence-corrected chi connectivity index (χ2v) is 7.75. The van der Waals surface area contributed by atoms with Gasteiger partial charge in [-0.15, -0.1) is 0 Å². The third kappa shape index (κ3) is 8.80. The molecule has 2 fully saturated rings. The average molecular weight is 339 g/mol. The van der Waals surface area contributed by atoms with Gasteiger partial charge < -0.3 is 10.2 Å². The van der Waals surface area contributed by atoms with Crippen molar-refractivity contribution in [1.29, 1.82) is 0 Å². The maximum Gasteiger partial charge on any atom is 0.0110 e. The van der Waals surface area contributed by atoms with Crippen molar-refractivity contribution in [3.63, 3.8) is 0 Å². The molecule has 24 heavy (non-hydrogen) atoms. The Morgan fingerprint density at radius 3 is 1.83 bits per heavy atom. The first-order chi connectivity index (χ1) is 11.9. The van der Waals surface area contributed by atoms with Crippen LogP contribution in [0, 0.1) is 0 Å². The molecule has 0 radical (unpaired) electrons. The average Bonchev–Trinajstić information content (AvgIpc) is 2.64. The minimum atomic E-state index is 1.17. The van der Waals surface area contributed by atoms with Gasteiger partial charge in [0.25, 0.3) is 0 Å². The molecule has 0 atom stereocenters. The Kier molecular flexibility index (Phi) is 11.0. The van der Waals surface area contributed by atoms with Crippen molar-refractivity contribution < 1.29 is 0 Å². The highest BCUT2D eigenvalue weighted by molar-refractivity contribution is 4.74. The maximum atomic E-state index is 3.63. The molecular formula is C20H42N4. The first-order valence-corrected chi connectivity index (χ1v) is 10.8. The molecule has 0 aliphatic carbocycles. The normalized spacial score (nSPS) is 21.4. The zero-order chi connectivity index (χ0) is 16.9. The molecule has 0 saturated carbocycles. The van der Waals surface area contributed by atoms with Gasteiger partial charge in [-0.2, -0.15) is 0 Å². The van der Waals surface area contributed by atoms with E-state index in [1.165, 1.54) is 123 Å². The molecule has 2 saturated heterocycles. The van der Waals surface area contributed by atoms with Crippen LogP contribution >= 0.6 is 0 Å². The van der Waals surface area contributed by atoms with Crippen molar-refractivity contribution in [3.05, 3.63) is 0 Å². The number of nitrogens with zero attached hydrogens (tertiary/aromatic N) is 3. The SMILES string of the molecule is CCCCCCCNCCN1CCN(CCN2CCCCC2)CC1. The molecule has 0 spiro atoms. The Morgan fingerprint density at radius 2 is 1.17 bits per heavy atom. The number of likely N-dealkylation sites (tertiary alicyclic amines) is 1. The molecule has 2 aliphatic rings. The number of rotatable bonds is 12. The van der Waals surface area contributed by atoms with Crippen LogP contribution in [-0.2, 0) is 0 Å². The Bertz CT molecular complexity index is 283. The molecule has 2 heterocycles. The molecule has 4 nitrogen and oxygen atoms in total. The van der Waals surface area contributed by atoms with Crippen molar-refractivity contribution in [1.82, 2.24) is 20.0 Å². The van der Waals surface area contributed by atoms with Gasteiger partial charge in [-0.25, -0.2) is 0 Å². The highest BCUT2D eigenvalue weighted by Gasteiger charge is 2.17. The van der Waals surface area contributed by atoms with E-state index < -0.39 is 0 Å². The van der Waals surface area contributed by atoms with E-state index in [9.17, 15) is 0 Å². The maximum absolute atomic E-state index is 3.63. The van der Waals surface area contributed by atoms with E-state index in [2.05, 4.69) is 26.9 Å². The fraction of sp³-hybridized carbons (Fsp3) is 1.00. The fourth-order valence-electron chi connectivity index (χ4n) is 3.92. The van der Waals surface area contributed by atoms with E-state index in [1.54, 1.807) is 0 Å². The van der Waals surface area contributed by atoms with E-state index >= 15 is 0 Å². The lowest BCUT2D eigenvalue weighted by Gasteiger charge is -2.36. The summed E-state index contributed by atoms with van der Waals surface area (Å²) in [5.41, 5.74) is 0. The summed E-state index contributed by atoms with van der Waals surface area (Å²) >= 11 is 0. The van der Waals surface area contributed by atoms with E-state index in [1.807, 2.05) is 0 Å². The summed E-state index contributed by atoms with van der Waals surface area (Å²) in [6.45, 7) is 16.2. The van der Waals surface area contributed by atoms with Gasteiger partial charge in [-0.3, -0.25) is 9.80 Å². The summed E-state index contributed by atoms with van der Waals surface area (Å²) in [7, 11) is 0. The van der Waals surface area contributed by atoms with Crippen LogP contribution in [0.4, 0.5) is 0 Å². The minimum absolute atomic E-state index is 1.17. The number of unbranched alkanes of at least 4 members (excludes halogenated alkanes) is 4. The third-order valence-corrected chi connectivity index (χ3v) is 5.71. The number of piperidine rings is 1. The largest absolute Gasteiger partial charge is 0.315 e. The number of piperazine rings is 1. The molecule has 4 heteroatoms. The molecule has 1 N–H and O–H groups in total. The molecule has 0 bridgehead atoms. The topological polar surface area (TPSA) is 21.8 Å². The van der Waals surface area contributed by atoms with Crippen LogP contribution in [0.1, 0.15) is 58.3 Å². The lowest BCUT2D eigenvalue weighted by Crippen LogP contribution is -2.50. The van der Waals surface area contributed by atoms with Crippen LogP contribution in [0.25, 0.3) is 0 Å². The third-order valence-electron chi connectivity index (χ3n) is 5.71. The highest BCUT2D eigenvalue weighted by atomic mass is 15.3. The Morgan fingerprint density at radius 1 is 0.583 bits per heavy atom. The summed E-state index contributed by atoms with van der Waals surface area (Å²) in [6, 6.07) is 0. The molecular weight excluding hydrogens is 296 g/mol. The zero-order valence-electron chi connectivity index (χ0n) is 16.3. The van der Waals surface area contributed by atoms with Crippen LogP contribution in [0.5, 0.6) is 0 Å². The van der Waals surface area contributed by atoms with Crippen LogP contribution in [0.2, 0.25) is 0 Å². The highest BCUT2D eigenvalue weighted by Crippen LogP contribution is 2.09.